The van der Waals surface area contributed by atoms with Gasteiger partial charge in [-0.15, -0.1) is 39.7 Å². The molecule has 3 aromatic carbocycles. The normalized spacial score (nSPS) is 15.3. The van der Waals surface area contributed by atoms with Crippen LogP contribution < -0.4 is 24.8 Å². The Hall–Kier alpha value is -0.747. The van der Waals surface area contributed by atoms with Gasteiger partial charge in [-0.05, 0) is 19.8 Å². The zero-order valence-electron chi connectivity index (χ0n) is 23.2. The molecule has 0 N–H and O–H groups in total. The van der Waals surface area contributed by atoms with Gasteiger partial charge < -0.3 is 24.8 Å². The van der Waals surface area contributed by atoms with E-state index in [2.05, 4.69) is 118 Å². The van der Waals surface area contributed by atoms with Crippen molar-refractivity contribution >= 4 is 21.5 Å². The van der Waals surface area contributed by atoms with Crippen LogP contribution in [0, 0.1) is 49.5 Å². The average Bonchev–Trinajstić information content (AvgIpc) is 3.26. The SMILES string of the molecule is CC(C)C1=[C-]C(C(C)C)C(C(C)C)=C1C(C)C.Cc1ccc2c(c1)[cH-]c1cc(C)ccc12.[Cl-].[Cl-].[Zr+4]. The van der Waals surface area contributed by atoms with Gasteiger partial charge in [0.1, 0.15) is 0 Å². The largest absolute Gasteiger partial charge is 4.00 e. The van der Waals surface area contributed by atoms with Crippen LogP contribution in [0.15, 0.2) is 59.2 Å². The maximum absolute atomic E-state index is 3.80. The van der Waals surface area contributed by atoms with Crippen LogP contribution in [0.5, 0.6) is 0 Å². The van der Waals surface area contributed by atoms with Crippen LogP contribution >= 0.6 is 0 Å². The summed E-state index contributed by atoms with van der Waals surface area (Å²) in [6.07, 6.45) is 3.80. The molecule has 0 radical (unpaired) electrons. The standard InChI is InChI=1S/C17H29.C15H13.2ClH.Zr/c1-10(2)14-9-15(11(3)4)17(13(7)8)16(14)12(5)6;1-10-3-5-14-12(7-10)9-13-8-11(2)4-6-15(13)14;;;/h10-14H,1-8H3;3-9H,1-2H3;2*1H;/q2*-1;;;+4/p-2. The molecular weight excluding hydrogens is 546 g/mol. The Balaban J connectivity index is 0.000000610. The Bertz CT molecular complexity index is 1100. The fourth-order valence-electron chi connectivity index (χ4n) is 5.23. The summed E-state index contributed by atoms with van der Waals surface area (Å²) < 4.78 is 0. The summed E-state index contributed by atoms with van der Waals surface area (Å²) in [7, 11) is 0. The van der Waals surface area contributed by atoms with Gasteiger partial charge in [0, 0.05) is 0 Å². The van der Waals surface area contributed by atoms with E-state index in [1.54, 1.807) is 11.1 Å². The molecule has 188 valence electrons. The van der Waals surface area contributed by atoms with Gasteiger partial charge in [-0.25, -0.2) is 5.57 Å². The van der Waals surface area contributed by atoms with Crippen molar-refractivity contribution in [3.8, 4) is 0 Å². The van der Waals surface area contributed by atoms with E-state index < -0.39 is 0 Å². The van der Waals surface area contributed by atoms with Crippen molar-refractivity contribution in [2.75, 3.05) is 0 Å². The van der Waals surface area contributed by atoms with Gasteiger partial charge in [0.25, 0.3) is 0 Å². The molecule has 4 rings (SSSR count). The summed E-state index contributed by atoms with van der Waals surface area (Å²) in [5.74, 6) is 3.08. The third-order valence-corrected chi connectivity index (χ3v) is 6.71. The Morgan fingerprint density at radius 3 is 1.49 bits per heavy atom. The predicted molar refractivity (Wildman–Crippen MR) is 143 cm³/mol. The minimum Gasteiger partial charge on any atom is -1.00 e. The topological polar surface area (TPSA) is 0 Å². The van der Waals surface area contributed by atoms with Gasteiger partial charge in [0.15, 0.2) is 0 Å². The van der Waals surface area contributed by atoms with Crippen molar-refractivity contribution in [1.29, 1.82) is 0 Å². The number of rotatable bonds is 4. The molecule has 3 heteroatoms. The summed E-state index contributed by atoms with van der Waals surface area (Å²) in [6, 6.07) is 15.6. The molecule has 0 fully saturated rings. The number of aryl methyl sites for hydroxylation is 2. The summed E-state index contributed by atoms with van der Waals surface area (Å²) in [6.45, 7) is 22.8. The Kier molecular flexibility index (Phi) is 14.0. The maximum Gasteiger partial charge on any atom is 4.00 e. The van der Waals surface area contributed by atoms with Crippen LogP contribution in [-0.4, -0.2) is 0 Å². The number of hydrogen-bond acceptors (Lipinski definition) is 0. The molecule has 0 aromatic heterocycles. The third-order valence-electron chi connectivity index (χ3n) is 6.71. The van der Waals surface area contributed by atoms with E-state index in [9.17, 15) is 0 Å². The Labute approximate surface area is 246 Å². The van der Waals surface area contributed by atoms with Crippen LogP contribution in [0.1, 0.15) is 66.5 Å². The van der Waals surface area contributed by atoms with Crippen LogP contribution in [0.25, 0.3) is 21.5 Å². The average molecular weight is 589 g/mol. The number of benzene rings is 2. The second kappa shape index (κ2) is 14.3. The minimum absolute atomic E-state index is 0. The van der Waals surface area contributed by atoms with Crippen molar-refractivity contribution in [2.24, 2.45) is 29.6 Å². The minimum atomic E-state index is 0. The summed E-state index contributed by atoms with van der Waals surface area (Å²) in [5, 5.41) is 5.46. The van der Waals surface area contributed by atoms with Crippen LogP contribution in [-0.2, 0) is 26.2 Å². The van der Waals surface area contributed by atoms with E-state index in [0.717, 1.165) is 0 Å². The first kappa shape index (κ1) is 34.3. The first-order valence-corrected chi connectivity index (χ1v) is 12.4. The van der Waals surface area contributed by atoms with Crippen molar-refractivity contribution in [1.82, 2.24) is 0 Å². The van der Waals surface area contributed by atoms with Crippen LogP contribution in [0.2, 0.25) is 0 Å². The summed E-state index contributed by atoms with van der Waals surface area (Å²) >= 11 is 0. The second-order valence-electron chi connectivity index (χ2n) is 10.9. The zero-order valence-corrected chi connectivity index (χ0v) is 27.2. The molecule has 0 spiro atoms. The fourth-order valence-corrected chi connectivity index (χ4v) is 5.23. The first-order valence-electron chi connectivity index (χ1n) is 12.4. The zero-order chi connectivity index (χ0) is 23.7. The number of hydrogen-bond donors (Lipinski definition) is 0. The predicted octanol–water partition coefficient (Wildman–Crippen LogP) is 3.60. The maximum atomic E-state index is 3.80. The Morgan fingerprint density at radius 1 is 0.686 bits per heavy atom. The third kappa shape index (κ3) is 7.63. The summed E-state index contributed by atoms with van der Waals surface area (Å²) in [5.41, 5.74) is 7.40. The molecule has 0 amide bonds. The van der Waals surface area contributed by atoms with Crippen LogP contribution in [0.4, 0.5) is 0 Å². The van der Waals surface area contributed by atoms with E-state index in [0.29, 0.717) is 29.6 Å². The molecule has 0 saturated heterocycles. The molecule has 1 unspecified atom stereocenters. The van der Waals surface area contributed by atoms with E-state index in [1.165, 1.54) is 38.2 Å². The molecule has 1 atom stereocenters. The molecule has 0 heterocycles. The molecular formula is C32H42Cl2Zr. The number of allylic oxidation sites excluding steroid dienone is 4. The van der Waals surface area contributed by atoms with Gasteiger partial charge in [-0.1, -0.05) is 114 Å². The Morgan fingerprint density at radius 2 is 1.14 bits per heavy atom. The number of halogens is 2. The molecule has 0 aliphatic heterocycles. The van der Waals surface area contributed by atoms with E-state index in [-0.39, 0.29) is 51.0 Å². The van der Waals surface area contributed by atoms with Gasteiger partial charge in [-0.3, -0.25) is 6.08 Å². The van der Waals surface area contributed by atoms with Crippen molar-refractivity contribution in [2.45, 2.75) is 69.2 Å². The van der Waals surface area contributed by atoms with Crippen molar-refractivity contribution in [3.63, 3.8) is 0 Å². The molecule has 0 nitrogen and oxygen atoms in total. The second-order valence-corrected chi connectivity index (χ2v) is 10.9. The molecule has 1 aliphatic carbocycles. The van der Waals surface area contributed by atoms with Gasteiger partial charge in [0.2, 0.25) is 0 Å². The van der Waals surface area contributed by atoms with E-state index in [4.69, 9.17) is 0 Å². The quantitative estimate of drug-likeness (QED) is 0.409. The first-order chi connectivity index (χ1) is 15.0. The van der Waals surface area contributed by atoms with Gasteiger partial charge >= 0.3 is 26.2 Å². The molecule has 0 saturated carbocycles. The van der Waals surface area contributed by atoms with E-state index >= 15 is 0 Å². The van der Waals surface area contributed by atoms with Crippen molar-refractivity contribution in [3.05, 3.63) is 76.4 Å². The molecule has 35 heavy (non-hydrogen) atoms. The monoisotopic (exact) mass is 586 g/mol. The molecule has 3 aromatic rings. The smallest absolute Gasteiger partial charge is 1.00 e. The number of fused-ring (bicyclic) bond motifs is 3. The van der Waals surface area contributed by atoms with Crippen molar-refractivity contribution < 1.29 is 51.0 Å². The fraction of sp³-hybridized carbons (Fsp3) is 0.469. The van der Waals surface area contributed by atoms with Gasteiger partial charge in [0.05, 0.1) is 0 Å². The summed E-state index contributed by atoms with van der Waals surface area (Å²) in [4.78, 5) is 0. The molecule has 1 aliphatic rings. The van der Waals surface area contributed by atoms with Gasteiger partial charge in [-0.2, -0.15) is 11.1 Å². The van der Waals surface area contributed by atoms with Crippen LogP contribution in [0.3, 0.4) is 0 Å². The molecule has 0 bridgehead atoms. The van der Waals surface area contributed by atoms with E-state index in [1.807, 2.05) is 0 Å².